The van der Waals surface area contributed by atoms with Crippen molar-refractivity contribution >= 4 is 50.1 Å². The van der Waals surface area contributed by atoms with Crippen LogP contribution in [0.5, 0.6) is 0 Å². The number of nitrogens with zero attached hydrogens (tertiary/aromatic N) is 1. The van der Waals surface area contributed by atoms with E-state index in [1.807, 2.05) is 26.0 Å². The van der Waals surface area contributed by atoms with Crippen LogP contribution >= 0.6 is 27.3 Å². The first-order valence-corrected chi connectivity index (χ1v) is 9.03. The molecule has 8 heteroatoms. The fraction of sp³-hybridized carbons (Fsp3) is 0.312. The number of anilines is 2. The summed E-state index contributed by atoms with van der Waals surface area (Å²) < 4.78 is 5.96. The van der Waals surface area contributed by atoms with Crippen LogP contribution in [0, 0.1) is 5.92 Å². The highest BCUT2D eigenvalue weighted by molar-refractivity contribution is 9.10. The molecule has 1 aromatic carbocycles. The zero-order chi connectivity index (χ0) is 17.5. The molecule has 0 aliphatic heterocycles. The van der Waals surface area contributed by atoms with E-state index in [2.05, 4.69) is 31.5 Å². The van der Waals surface area contributed by atoms with Crippen molar-refractivity contribution in [2.24, 2.45) is 5.92 Å². The largest absolute Gasteiger partial charge is 0.449 e. The smallest absolute Gasteiger partial charge is 0.413 e. The van der Waals surface area contributed by atoms with Gasteiger partial charge in [-0.3, -0.25) is 10.1 Å². The summed E-state index contributed by atoms with van der Waals surface area (Å²) in [5.41, 5.74) is 1.31. The number of hydrogen-bond donors (Lipinski definition) is 2. The van der Waals surface area contributed by atoms with Gasteiger partial charge in [-0.1, -0.05) is 29.8 Å². The molecular formula is C16H18BrN3O3S. The molecule has 2 aromatic rings. The molecule has 2 N–H and O–H groups in total. The third-order valence-corrected chi connectivity index (χ3v) is 4.11. The maximum absolute atomic E-state index is 12.0. The van der Waals surface area contributed by atoms with Crippen LogP contribution in [0.15, 0.2) is 34.1 Å². The average Bonchev–Trinajstić information content (AvgIpc) is 2.94. The molecule has 0 aliphatic rings. The van der Waals surface area contributed by atoms with Gasteiger partial charge < -0.3 is 10.1 Å². The monoisotopic (exact) mass is 411 g/mol. The Labute approximate surface area is 152 Å². The fourth-order valence-electron chi connectivity index (χ4n) is 1.71. The minimum atomic E-state index is -0.538. The Balaban J connectivity index is 1.83. The summed E-state index contributed by atoms with van der Waals surface area (Å²) in [5, 5.41) is 7.50. The fourth-order valence-corrected chi connectivity index (χ4v) is 2.67. The van der Waals surface area contributed by atoms with Crippen LogP contribution in [0.4, 0.5) is 15.6 Å². The predicted octanol–water partition coefficient (Wildman–Crippen LogP) is 4.29. The molecular weight excluding hydrogens is 394 g/mol. The molecule has 1 heterocycles. The topological polar surface area (TPSA) is 80.3 Å². The zero-order valence-electron chi connectivity index (χ0n) is 13.3. The van der Waals surface area contributed by atoms with Crippen LogP contribution in [0.25, 0.3) is 0 Å². The van der Waals surface area contributed by atoms with Gasteiger partial charge in [0.1, 0.15) is 0 Å². The van der Waals surface area contributed by atoms with E-state index in [0.29, 0.717) is 23.1 Å². The van der Waals surface area contributed by atoms with Gasteiger partial charge in [0.05, 0.1) is 18.7 Å². The van der Waals surface area contributed by atoms with E-state index in [1.54, 1.807) is 17.5 Å². The first-order valence-electron chi connectivity index (χ1n) is 7.36. The van der Waals surface area contributed by atoms with Crippen molar-refractivity contribution < 1.29 is 14.3 Å². The molecule has 0 aliphatic carbocycles. The predicted molar refractivity (Wildman–Crippen MR) is 98.4 cm³/mol. The second-order valence-electron chi connectivity index (χ2n) is 5.49. The minimum absolute atomic E-state index is 0.134. The summed E-state index contributed by atoms with van der Waals surface area (Å²) in [6, 6.07) is 7.31. The Bertz CT molecular complexity index is 701. The molecule has 0 saturated heterocycles. The highest BCUT2D eigenvalue weighted by Gasteiger charge is 2.11. The van der Waals surface area contributed by atoms with Gasteiger partial charge in [-0.15, -0.1) is 11.3 Å². The quantitative estimate of drug-likeness (QED) is 0.742. The van der Waals surface area contributed by atoms with Gasteiger partial charge in [-0.2, -0.15) is 0 Å². The van der Waals surface area contributed by atoms with Gasteiger partial charge in [0.15, 0.2) is 5.13 Å². The van der Waals surface area contributed by atoms with Gasteiger partial charge in [0, 0.05) is 15.5 Å². The van der Waals surface area contributed by atoms with Crippen LogP contribution in [0.3, 0.4) is 0 Å². The van der Waals surface area contributed by atoms with Crippen LogP contribution < -0.4 is 10.6 Å². The van der Waals surface area contributed by atoms with Crippen molar-refractivity contribution in [1.82, 2.24) is 4.98 Å². The standard InChI is InChI=1S/C16H18BrN3O3S/c1-10(2)8-23-16(22)20-15-19-13(9-24-15)7-14(21)18-12-5-3-11(17)4-6-12/h3-6,9-10H,7-8H2,1-2H3,(H,18,21)(H,19,20,22). The molecule has 6 nitrogen and oxygen atoms in total. The highest BCUT2D eigenvalue weighted by Crippen LogP contribution is 2.18. The molecule has 0 saturated carbocycles. The number of ether oxygens (including phenoxy) is 1. The third kappa shape index (κ3) is 6.29. The molecule has 2 amide bonds. The minimum Gasteiger partial charge on any atom is -0.449 e. The third-order valence-electron chi connectivity index (χ3n) is 2.78. The van der Waals surface area contributed by atoms with Gasteiger partial charge >= 0.3 is 6.09 Å². The molecule has 0 bridgehead atoms. The molecule has 128 valence electrons. The Morgan fingerprint density at radius 1 is 1.25 bits per heavy atom. The highest BCUT2D eigenvalue weighted by atomic mass is 79.9. The number of benzene rings is 1. The number of carbonyl (C=O) groups excluding carboxylic acids is 2. The molecule has 24 heavy (non-hydrogen) atoms. The second-order valence-corrected chi connectivity index (χ2v) is 7.27. The number of thiazole rings is 1. The first-order chi connectivity index (χ1) is 11.4. The van der Waals surface area contributed by atoms with Crippen molar-refractivity contribution in [1.29, 1.82) is 0 Å². The van der Waals surface area contributed by atoms with Crippen molar-refractivity contribution in [3.05, 3.63) is 39.8 Å². The maximum Gasteiger partial charge on any atom is 0.413 e. The summed E-state index contributed by atoms with van der Waals surface area (Å²) in [7, 11) is 0. The number of carbonyl (C=O) groups is 2. The van der Waals surface area contributed by atoms with Crippen molar-refractivity contribution in [3.63, 3.8) is 0 Å². The van der Waals surface area contributed by atoms with E-state index < -0.39 is 6.09 Å². The summed E-state index contributed by atoms with van der Waals surface area (Å²) in [5.74, 6) is 0.0986. The van der Waals surface area contributed by atoms with Crippen LogP contribution in [0.2, 0.25) is 0 Å². The number of amides is 2. The summed E-state index contributed by atoms with van der Waals surface area (Å²) in [6.45, 7) is 4.26. The van der Waals surface area contributed by atoms with E-state index in [0.717, 1.165) is 4.47 Å². The lowest BCUT2D eigenvalue weighted by Crippen LogP contribution is -2.17. The number of aromatic nitrogens is 1. The van der Waals surface area contributed by atoms with Crippen molar-refractivity contribution in [2.75, 3.05) is 17.2 Å². The lowest BCUT2D eigenvalue weighted by molar-refractivity contribution is -0.115. The number of rotatable bonds is 6. The molecule has 0 atom stereocenters. The Morgan fingerprint density at radius 3 is 2.62 bits per heavy atom. The van der Waals surface area contributed by atoms with Crippen LogP contribution in [0.1, 0.15) is 19.5 Å². The number of nitrogens with one attached hydrogen (secondary N) is 2. The van der Waals surface area contributed by atoms with E-state index in [1.165, 1.54) is 11.3 Å². The van der Waals surface area contributed by atoms with E-state index in [9.17, 15) is 9.59 Å². The maximum atomic E-state index is 12.0. The van der Waals surface area contributed by atoms with Crippen molar-refractivity contribution in [3.8, 4) is 0 Å². The molecule has 0 spiro atoms. The molecule has 0 unspecified atom stereocenters. The molecule has 1 aromatic heterocycles. The molecule has 0 radical (unpaired) electrons. The van der Waals surface area contributed by atoms with Crippen molar-refractivity contribution in [2.45, 2.75) is 20.3 Å². The van der Waals surface area contributed by atoms with E-state index in [4.69, 9.17) is 4.74 Å². The zero-order valence-corrected chi connectivity index (χ0v) is 15.7. The average molecular weight is 412 g/mol. The van der Waals surface area contributed by atoms with Gasteiger partial charge in [-0.25, -0.2) is 9.78 Å². The van der Waals surface area contributed by atoms with Gasteiger partial charge in [0.2, 0.25) is 5.91 Å². The number of hydrogen-bond acceptors (Lipinski definition) is 5. The Hall–Kier alpha value is -1.93. The summed E-state index contributed by atoms with van der Waals surface area (Å²) >= 11 is 4.59. The van der Waals surface area contributed by atoms with Crippen LogP contribution in [-0.2, 0) is 16.0 Å². The lowest BCUT2D eigenvalue weighted by Gasteiger charge is -2.06. The normalized spacial score (nSPS) is 10.5. The van der Waals surface area contributed by atoms with E-state index >= 15 is 0 Å². The lowest BCUT2D eigenvalue weighted by atomic mass is 10.2. The van der Waals surface area contributed by atoms with Gasteiger partial charge in [-0.05, 0) is 30.2 Å². The molecule has 2 rings (SSSR count). The second kappa shape index (κ2) is 8.79. The Morgan fingerprint density at radius 2 is 1.96 bits per heavy atom. The SMILES string of the molecule is CC(C)COC(=O)Nc1nc(CC(=O)Nc2ccc(Br)cc2)cs1. The summed E-state index contributed by atoms with van der Waals surface area (Å²) in [6.07, 6.45) is -0.404. The number of halogens is 1. The van der Waals surface area contributed by atoms with Gasteiger partial charge in [0.25, 0.3) is 0 Å². The van der Waals surface area contributed by atoms with E-state index in [-0.39, 0.29) is 18.2 Å². The first kappa shape index (κ1) is 18.4. The summed E-state index contributed by atoms with van der Waals surface area (Å²) in [4.78, 5) is 27.8. The molecule has 0 fully saturated rings. The Kier molecular flexibility index (Phi) is 6.74. The van der Waals surface area contributed by atoms with Crippen LogP contribution in [-0.4, -0.2) is 23.6 Å².